The van der Waals surface area contributed by atoms with Crippen LogP contribution in [-0.4, -0.2) is 31.1 Å². The molecule has 0 aromatic carbocycles. The van der Waals surface area contributed by atoms with Crippen LogP contribution in [0.15, 0.2) is 17.5 Å². The Balaban J connectivity index is 1.73. The van der Waals surface area contributed by atoms with Crippen molar-refractivity contribution >= 4 is 21.2 Å². The van der Waals surface area contributed by atoms with Crippen LogP contribution in [0.25, 0.3) is 0 Å². The summed E-state index contributed by atoms with van der Waals surface area (Å²) in [6, 6.07) is 4.08. The van der Waals surface area contributed by atoms with Crippen LogP contribution in [0.2, 0.25) is 0 Å². The van der Waals surface area contributed by atoms with Crippen molar-refractivity contribution in [2.45, 2.75) is 31.8 Å². The Labute approximate surface area is 106 Å². The molecular weight excluding hydrogens is 256 g/mol. The predicted molar refractivity (Wildman–Crippen MR) is 70.0 cm³/mol. The second-order valence-electron chi connectivity index (χ2n) is 4.78. The van der Waals surface area contributed by atoms with Crippen LogP contribution in [0.1, 0.15) is 24.1 Å². The van der Waals surface area contributed by atoms with Crippen molar-refractivity contribution in [2.75, 3.05) is 11.5 Å². The number of aliphatic hydroxyl groups is 1. The summed E-state index contributed by atoms with van der Waals surface area (Å²) in [5.74, 6) is 0.733. The first-order valence-electron chi connectivity index (χ1n) is 5.96. The topological polar surface area (TPSA) is 54.4 Å². The summed E-state index contributed by atoms with van der Waals surface area (Å²) >= 11 is 1.70. The molecule has 1 saturated heterocycles. The van der Waals surface area contributed by atoms with Gasteiger partial charge in [-0.2, -0.15) is 0 Å². The summed E-state index contributed by atoms with van der Waals surface area (Å²) in [5, 5.41) is 11.9. The van der Waals surface area contributed by atoms with Crippen molar-refractivity contribution in [3.63, 3.8) is 0 Å². The molecular formula is C12H18O3S2. The highest BCUT2D eigenvalue weighted by molar-refractivity contribution is 7.91. The molecule has 96 valence electrons. The molecule has 5 heteroatoms. The van der Waals surface area contributed by atoms with Gasteiger partial charge in [0.2, 0.25) is 0 Å². The molecule has 2 atom stereocenters. The van der Waals surface area contributed by atoms with E-state index in [0.29, 0.717) is 12.2 Å². The van der Waals surface area contributed by atoms with Crippen LogP contribution < -0.4 is 0 Å². The van der Waals surface area contributed by atoms with E-state index in [2.05, 4.69) is 6.07 Å². The van der Waals surface area contributed by atoms with Gasteiger partial charge in [-0.05, 0) is 43.0 Å². The molecule has 1 N–H and O–H groups in total. The van der Waals surface area contributed by atoms with E-state index < -0.39 is 9.84 Å². The quantitative estimate of drug-likeness (QED) is 0.891. The lowest BCUT2D eigenvalue weighted by molar-refractivity contribution is 0.138. The van der Waals surface area contributed by atoms with Crippen molar-refractivity contribution in [1.29, 1.82) is 0 Å². The highest BCUT2D eigenvalue weighted by Gasteiger charge is 2.29. The van der Waals surface area contributed by atoms with Crippen molar-refractivity contribution in [3.8, 4) is 0 Å². The van der Waals surface area contributed by atoms with Crippen LogP contribution in [-0.2, 0) is 16.3 Å². The fourth-order valence-electron chi connectivity index (χ4n) is 2.32. The summed E-state index contributed by atoms with van der Waals surface area (Å²) in [5.41, 5.74) is 0. The minimum atomic E-state index is -2.81. The lowest BCUT2D eigenvalue weighted by atomic mass is 9.98. The largest absolute Gasteiger partial charge is 0.393 e. The van der Waals surface area contributed by atoms with Gasteiger partial charge in [0.25, 0.3) is 0 Å². The second kappa shape index (κ2) is 5.50. The third kappa shape index (κ3) is 4.08. The van der Waals surface area contributed by atoms with E-state index in [1.165, 1.54) is 4.88 Å². The molecule has 3 nitrogen and oxygen atoms in total. The second-order valence-corrected chi connectivity index (χ2v) is 8.04. The first kappa shape index (κ1) is 13.1. The van der Waals surface area contributed by atoms with E-state index in [4.69, 9.17) is 0 Å². The zero-order valence-electron chi connectivity index (χ0n) is 9.71. The van der Waals surface area contributed by atoms with E-state index in [1.807, 2.05) is 11.4 Å². The van der Waals surface area contributed by atoms with Gasteiger partial charge in [0.15, 0.2) is 9.84 Å². The molecule has 1 aromatic rings. The van der Waals surface area contributed by atoms with Gasteiger partial charge in [-0.25, -0.2) is 8.42 Å². The fraction of sp³-hybridized carbons (Fsp3) is 0.667. The molecule has 1 fully saturated rings. The summed E-state index contributed by atoms with van der Waals surface area (Å²) in [4.78, 5) is 1.28. The smallest absolute Gasteiger partial charge is 0.150 e. The maximum absolute atomic E-state index is 11.3. The molecule has 1 aliphatic rings. The van der Waals surface area contributed by atoms with E-state index in [9.17, 15) is 13.5 Å². The Hall–Kier alpha value is -0.390. The molecule has 0 spiro atoms. The maximum atomic E-state index is 11.3. The normalized spacial score (nSPS) is 24.9. The first-order chi connectivity index (χ1) is 8.05. The first-order valence-corrected chi connectivity index (χ1v) is 8.66. The van der Waals surface area contributed by atoms with Crippen LogP contribution in [0, 0.1) is 5.92 Å². The molecule has 2 heterocycles. The van der Waals surface area contributed by atoms with Gasteiger partial charge in [0.1, 0.15) is 0 Å². The van der Waals surface area contributed by atoms with Gasteiger partial charge in [-0.15, -0.1) is 11.3 Å². The van der Waals surface area contributed by atoms with Gasteiger partial charge >= 0.3 is 0 Å². The Morgan fingerprint density at radius 1 is 1.53 bits per heavy atom. The van der Waals surface area contributed by atoms with Crippen LogP contribution in [0.3, 0.4) is 0 Å². The lowest BCUT2D eigenvalue weighted by Crippen LogP contribution is -2.15. The predicted octanol–water partition coefficient (Wildman–Crippen LogP) is 1.87. The number of hydrogen-bond acceptors (Lipinski definition) is 4. The number of hydrogen-bond donors (Lipinski definition) is 1. The lowest BCUT2D eigenvalue weighted by Gasteiger charge is -2.13. The summed E-state index contributed by atoms with van der Waals surface area (Å²) in [6.07, 6.45) is 2.61. The summed E-state index contributed by atoms with van der Waals surface area (Å²) < 4.78 is 22.6. The van der Waals surface area contributed by atoms with Gasteiger partial charge < -0.3 is 5.11 Å². The van der Waals surface area contributed by atoms with Crippen molar-refractivity contribution < 1.29 is 13.5 Å². The summed E-state index contributed by atoms with van der Waals surface area (Å²) in [6.45, 7) is 0. The monoisotopic (exact) mass is 274 g/mol. The zero-order chi connectivity index (χ0) is 12.3. The van der Waals surface area contributed by atoms with Crippen molar-refractivity contribution in [2.24, 2.45) is 5.92 Å². The third-order valence-electron chi connectivity index (χ3n) is 3.24. The Kier molecular flexibility index (Phi) is 4.22. The summed E-state index contributed by atoms with van der Waals surface area (Å²) in [7, 11) is -2.81. The highest BCUT2D eigenvalue weighted by atomic mass is 32.2. The molecule has 2 rings (SSSR count). The van der Waals surface area contributed by atoms with E-state index >= 15 is 0 Å². The van der Waals surface area contributed by atoms with Crippen molar-refractivity contribution in [3.05, 3.63) is 22.4 Å². The van der Waals surface area contributed by atoms with E-state index in [0.717, 1.165) is 19.3 Å². The highest BCUT2D eigenvalue weighted by Crippen LogP contribution is 2.24. The standard InChI is InChI=1S/C12H18O3S2/c13-11(3-4-12-2-1-6-16-12)8-10-5-7-17(14,15)9-10/h1-2,6,10-11,13H,3-5,7-9H2. The molecule has 0 bridgehead atoms. The third-order valence-corrected chi connectivity index (χ3v) is 6.01. The van der Waals surface area contributed by atoms with Crippen LogP contribution >= 0.6 is 11.3 Å². The minimum Gasteiger partial charge on any atom is -0.393 e. The molecule has 1 aliphatic heterocycles. The van der Waals surface area contributed by atoms with Gasteiger partial charge in [0.05, 0.1) is 17.6 Å². The Bertz CT molecular complexity index is 436. The molecule has 17 heavy (non-hydrogen) atoms. The number of rotatable bonds is 5. The van der Waals surface area contributed by atoms with Gasteiger partial charge in [-0.1, -0.05) is 6.07 Å². The zero-order valence-corrected chi connectivity index (χ0v) is 11.3. The molecule has 1 aromatic heterocycles. The molecule has 0 amide bonds. The van der Waals surface area contributed by atoms with Crippen molar-refractivity contribution in [1.82, 2.24) is 0 Å². The SMILES string of the molecule is O=S1(=O)CCC(CC(O)CCc2cccs2)C1. The van der Waals surface area contributed by atoms with Gasteiger partial charge in [-0.3, -0.25) is 0 Å². The Morgan fingerprint density at radius 3 is 2.94 bits per heavy atom. The average Bonchev–Trinajstić information content (AvgIpc) is 2.85. The van der Waals surface area contributed by atoms with Gasteiger partial charge in [0, 0.05) is 4.88 Å². The maximum Gasteiger partial charge on any atom is 0.150 e. The average molecular weight is 274 g/mol. The minimum absolute atomic E-state index is 0.165. The molecule has 0 aliphatic carbocycles. The molecule has 0 saturated carbocycles. The van der Waals surface area contributed by atoms with Crippen LogP contribution in [0.4, 0.5) is 0 Å². The number of aryl methyl sites for hydroxylation is 1. The fourth-order valence-corrected chi connectivity index (χ4v) is 4.93. The number of aliphatic hydroxyl groups excluding tert-OH is 1. The Morgan fingerprint density at radius 2 is 2.35 bits per heavy atom. The van der Waals surface area contributed by atoms with E-state index in [1.54, 1.807) is 11.3 Å². The van der Waals surface area contributed by atoms with E-state index in [-0.39, 0.29) is 17.8 Å². The number of sulfone groups is 1. The molecule has 0 radical (unpaired) electrons. The molecule has 2 unspecified atom stereocenters. The number of thiophene rings is 1. The van der Waals surface area contributed by atoms with Crippen LogP contribution in [0.5, 0.6) is 0 Å².